The third-order valence-corrected chi connectivity index (χ3v) is 7.55. The zero-order valence-electron chi connectivity index (χ0n) is 23.6. The second-order valence-corrected chi connectivity index (χ2v) is 11.8. The standard InChI is InChI=1S/C31H40N2O6/c1-20-17-32(29(36)39-31(3,4)5)18-21(2)28(20)33(16-10-15-27(34)35)30(37)38-19-26-24-13-8-6-11-22(24)23-12-7-9-14-25(23)26/h6-9,11-14,20-21,26,28H,10,15-19H2,1-5H3,(H,34,35). The topological polar surface area (TPSA) is 96.4 Å². The Balaban J connectivity index is 1.50. The van der Waals surface area contributed by atoms with Gasteiger partial charge >= 0.3 is 18.2 Å². The molecule has 2 unspecified atom stereocenters. The Morgan fingerprint density at radius 2 is 1.49 bits per heavy atom. The monoisotopic (exact) mass is 536 g/mol. The molecule has 0 saturated carbocycles. The van der Waals surface area contributed by atoms with Gasteiger partial charge < -0.3 is 24.4 Å². The lowest BCUT2D eigenvalue weighted by atomic mass is 9.84. The van der Waals surface area contributed by atoms with Gasteiger partial charge in [-0.25, -0.2) is 9.59 Å². The first kappa shape index (κ1) is 28.5. The first-order chi connectivity index (χ1) is 18.5. The molecule has 1 heterocycles. The summed E-state index contributed by atoms with van der Waals surface area (Å²) >= 11 is 0. The number of carboxylic acids is 1. The summed E-state index contributed by atoms with van der Waals surface area (Å²) in [5.41, 5.74) is 3.99. The Morgan fingerprint density at radius 1 is 0.949 bits per heavy atom. The molecule has 1 aliphatic carbocycles. The van der Waals surface area contributed by atoms with Crippen molar-refractivity contribution in [3.8, 4) is 11.1 Å². The molecule has 1 N–H and O–H groups in total. The molecule has 2 aromatic carbocycles. The zero-order chi connectivity index (χ0) is 28.3. The van der Waals surface area contributed by atoms with Crippen LogP contribution in [0.4, 0.5) is 9.59 Å². The smallest absolute Gasteiger partial charge is 0.410 e. The molecule has 0 spiro atoms. The number of fused-ring (bicyclic) bond motifs is 3. The van der Waals surface area contributed by atoms with Crippen LogP contribution in [-0.2, 0) is 14.3 Å². The number of nitrogens with zero attached hydrogens (tertiary/aromatic N) is 2. The molecule has 2 amide bonds. The first-order valence-electron chi connectivity index (χ1n) is 13.8. The molecule has 2 aromatic rings. The lowest BCUT2D eigenvalue weighted by Crippen LogP contribution is -2.58. The van der Waals surface area contributed by atoms with Gasteiger partial charge in [0, 0.05) is 38.0 Å². The number of carbonyl (C=O) groups is 3. The fourth-order valence-corrected chi connectivity index (χ4v) is 6.08. The number of aliphatic carboxylic acids is 1. The average molecular weight is 537 g/mol. The highest BCUT2D eigenvalue weighted by Gasteiger charge is 2.41. The van der Waals surface area contributed by atoms with Crippen molar-refractivity contribution in [3.63, 3.8) is 0 Å². The molecule has 1 fully saturated rings. The molecule has 1 aliphatic heterocycles. The van der Waals surface area contributed by atoms with Crippen molar-refractivity contribution in [1.29, 1.82) is 0 Å². The van der Waals surface area contributed by atoms with Crippen LogP contribution in [0.1, 0.15) is 64.5 Å². The number of likely N-dealkylation sites (tertiary alicyclic amines) is 1. The van der Waals surface area contributed by atoms with Crippen molar-refractivity contribution in [2.45, 2.75) is 65.0 Å². The minimum Gasteiger partial charge on any atom is -0.481 e. The van der Waals surface area contributed by atoms with Crippen molar-refractivity contribution in [3.05, 3.63) is 59.7 Å². The third kappa shape index (κ3) is 6.54. The number of piperidine rings is 1. The molecule has 0 radical (unpaired) electrons. The summed E-state index contributed by atoms with van der Waals surface area (Å²) in [6.07, 6.45) is -0.521. The van der Waals surface area contributed by atoms with Gasteiger partial charge in [0.1, 0.15) is 12.2 Å². The quantitative estimate of drug-likeness (QED) is 0.467. The highest BCUT2D eigenvalue weighted by molar-refractivity contribution is 5.79. The number of amides is 2. The van der Waals surface area contributed by atoms with Crippen LogP contribution in [-0.4, -0.2) is 70.9 Å². The van der Waals surface area contributed by atoms with E-state index in [0.717, 1.165) is 22.3 Å². The van der Waals surface area contributed by atoms with Gasteiger partial charge in [-0.3, -0.25) is 4.79 Å². The van der Waals surface area contributed by atoms with Crippen molar-refractivity contribution < 1.29 is 29.0 Å². The summed E-state index contributed by atoms with van der Waals surface area (Å²) in [5.74, 6) is -1.06. The molecule has 2 atom stereocenters. The number of hydrogen-bond acceptors (Lipinski definition) is 5. The SMILES string of the molecule is CC1CN(C(=O)OC(C)(C)C)CC(C)C1N(CCCC(=O)O)C(=O)OCC1c2ccccc2-c2ccccc21. The van der Waals surface area contributed by atoms with Gasteiger partial charge in [0.2, 0.25) is 0 Å². The number of hydrogen-bond donors (Lipinski definition) is 1. The molecule has 0 bridgehead atoms. The van der Waals surface area contributed by atoms with Crippen LogP contribution in [0.5, 0.6) is 0 Å². The van der Waals surface area contributed by atoms with Gasteiger partial charge in [0.05, 0.1) is 0 Å². The molecular weight excluding hydrogens is 496 g/mol. The van der Waals surface area contributed by atoms with Gasteiger partial charge in [-0.2, -0.15) is 0 Å². The Hall–Kier alpha value is -3.55. The van der Waals surface area contributed by atoms with Crippen molar-refractivity contribution in [2.24, 2.45) is 11.8 Å². The number of carbonyl (C=O) groups excluding carboxylic acids is 2. The second kappa shape index (κ2) is 11.7. The lowest BCUT2D eigenvalue weighted by Gasteiger charge is -2.46. The van der Waals surface area contributed by atoms with Crippen LogP contribution < -0.4 is 0 Å². The molecule has 4 rings (SSSR count). The number of ether oxygens (including phenoxy) is 2. The van der Waals surface area contributed by atoms with E-state index in [1.807, 2.05) is 58.9 Å². The van der Waals surface area contributed by atoms with E-state index >= 15 is 0 Å². The maximum absolute atomic E-state index is 13.6. The normalized spacial score (nSPS) is 20.6. The van der Waals surface area contributed by atoms with E-state index in [9.17, 15) is 19.5 Å². The maximum atomic E-state index is 13.6. The minimum atomic E-state index is -0.900. The Morgan fingerprint density at radius 3 is 2.00 bits per heavy atom. The highest BCUT2D eigenvalue weighted by atomic mass is 16.6. The predicted molar refractivity (Wildman–Crippen MR) is 149 cm³/mol. The lowest BCUT2D eigenvalue weighted by molar-refractivity contribution is -0.137. The summed E-state index contributed by atoms with van der Waals surface area (Å²) in [5, 5.41) is 9.21. The molecule has 8 heteroatoms. The molecule has 0 aromatic heterocycles. The van der Waals surface area contributed by atoms with E-state index in [-0.39, 0.29) is 49.5 Å². The van der Waals surface area contributed by atoms with E-state index in [1.54, 1.807) is 9.80 Å². The van der Waals surface area contributed by atoms with E-state index in [1.165, 1.54) is 0 Å². The summed E-state index contributed by atoms with van der Waals surface area (Å²) in [6, 6.07) is 16.2. The number of carboxylic acid groups (broad SMARTS) is 1. The second-order valence-electron chi connectivity index (χ2n) is 11.8. The highest BCUT2D eigenvalue weighted by Crippen LogP contribution is 2.44. The van der Waals surface area contributed by atoms with Crippen LogP contribution in [0, 0.1) is 11.8 Å². The fourth-order valence-electron chi connectivity index (χ4n) is 6.08. The van der Waals surface area contributed by atoms with Crippen molar-refractivity contribution in [2.75, 3.05) is 26.2 Å². The van der Waals surface area contributed by atoms with Crippen molar-refractivity contribution >= 4 is 18.2 Å². The summed E-state index contributed by atoms with van der Waals surface area (Å²) < 4.78 is 11.6. The molecule has 1 saturated heterocycles. The molecule has 8 nitrogen and oxygen atoms in total. The summed E-state index contributed by atoms with van der Waals surface area (Å²) in [6.45, 7) is 10.9. The van der Waals surface area contributed by atoms with Crippen LogP contribution >= 0.6 is 0 Å². The molecule has 39 heavy (non-hydrogen) atoms. The van der Waals surface area contributed by atoms with Gasteiger partial charge in [0.25, 0.3) is 0 Å². The van der Waals surface area contributed by atoms with E-state index in [0.29, 0.717) is 19.5 Å². The number of benzene rings is 2. The van der Waals surface area contributed by atoms with Crippen LogP contribution in [0.2, 0.25) is 0 Å². The Kier molecular flexibility index (Phi) is 8.52. The van der Waals surface area contributed by atoms with Crippen LogP contribution in [0.3, 0.4) is 0 Å². The maximum Gasteiger partial charge on any atom is 0.410 e. The first-order valence-corrected chi connectivity index (χ1v) is 13.8. The van der Waals surface area contributed by atoms with Gasteiger partial charge in [0.15, 0.2) is 0 Å². The van der Waals surface area contributed by atoms with Crippen LogP contribution in [0.25, 0.3) is 11.1 Å². The molecule has 2 aliphatic rings. The van der Waals surface area contributed by atoms with E-state index in [4.69, 9.17) is 9.47 Å². The Bertz CT molecular complexity index is 1150. The summed E-state index contributed by atoms with van der Waals surface area (Å²) in [7, 11) is 0. The van der Waals surface area contributed by atoms with Crippen molar-refractivity contribution in [1.82, 2.24) is 9.80 Å². The van der Waals surface area contributed by atoms with E-state index < -0.39 is 17.7 Å². The van der Waals surface area contributed by atoms with Gasteiger partial charge in [-0.1, -0.05) is 62.4 Å². The summed E-state index contributed by atoms with van der Waals surface area (Å²) in [4.78, 5) is 41.0. The fraction of sp³-hybridized carbons (Fsp3) is 0.516. The third-order valence-electron chi connectivity index (χ3n) is 7.55. The van der Waals surface area contributed by atoms with Gasteiger partial charge in [-0.05, 0) is 61.3 Å². The van der Waals surface area contributed by atoms with Crippen LogP contribution in [0.15, 0.2) is 48.5 Å². The zero-order valence-corrected chi connectivity index (χ0v) is 23.6. The minimum absolute atomic E-state index is 0.0350. The number of rotatable bonds is 7. The van der Waals surface area contributed by atoms with E-state index in [2.05, 4.69) is 24.3 Å². The largest absolute Gasteiger partial charge is 0.481 e. The average Bonchev–Trinajstić information content (AvgIpc) is 3.18. The molecular formula is C31H40N2O6. The predicted octanol–water partition coefficient (Wildman–Crippen LogP) is 5.99. The molecule has 210 valence electrons. The van der Waals surface area contributed by atoms with Gasteiger partial charge in [-0.15, -0.1) is 0 Å². The Labute approximate surface area is 230 Å².